The zero-order valence-electron chi connectivity index (χ0n) is 8.97. The number of rotatable bonds is 4. The van der Waals surface area contributed by atoms with Crippen molar-refractivity contribution in [1.82, 2.24) is 25.4 Å². The molecular weight excluding hydrogens is 214 g/mol. The number of nitrogens with one attached hydrogen (secondary N) is 2. The average molecular weight is 227 g/mol. The molecule has 0 aliphatic heterocycles. The van der Waals surface area contributed by atoms with E-state index in [2.05, 4.69) is 20.7 Å². The van der Waals surface area contributed by atoms with Crippen LogP contribution in [0.25, 0.3) is 0 Å². The molecule has 0 saturated carbocycles. The molecule has 0 radical (unpaired) electrons. The summed E-state index contributed by atoms with van der Waals surface area (Å²) in [5, 5.41) is 17.1. The minimum Gasteiger partial charge on any atom is -0.480 e. The highest BCUT2D eigenvalue weighted by Gasteiger charge is 2.13. The third-order valence-electron chi connectivity index (χ3n) is 1.93. The van der Waals surface area contributed by atoms with Gasteiger partial charge in [0, 0.05) is 7.05 Å². The van der Waals surface area contributed by atoms with Crippen LogP contribution in [0.3, 0.4) is 0 Å². The monoisotopic (exact) mass is 227 g/mol. The Morgan fingerprint density at radius 1 is 1.62 bits per heavy atom. The van der Waals surface area contributed by atoms with Gasteiger partial charge in [-0.15, -0.1) is 0 Å². The fourth-order valence-corrected chi connectivity index (χ4v) is 0.949. The van der Waals surface area contributed by atoms with Crippen LogP contribution in [0.1, 0.15) is 12.7 Å². The highest BCUT2D eigenvalue weighted by Crippen LogP contribution is 1.89. The summed E-state index contributed by atoms with van der Waals surface area (Å²) in [6, 6.07) is -1.49. The summed E-state index contributed by atoms with van der Waals surface area (Å²) in [6.07, 6.45) is 1.37. The highest BCUT2D eigenvalue weighted by molar-refractivity contribution is 5.81. The van der Waals surface area contributed by atoms with Crippen LogP contribution in [0, 0.1) is 0 Å². The average Bonchev–Trinajstić information content (AvgIpc) is 2.61. The van der Waals surface area contributed by atoms with Gasteiger partial charge in [-0.2, -0.15) is 5.10 Å². The molecule has 0 spiro atoms. The highest BCUT2D eigenvalue weighted by atomic mass is 16.4. The molecule has 1 heterocycles. The standard InChI is InChI=1S/C8H13N5O3/c1-5(7(14)15)12-8(16)9-3-6-10-4-11-13(6)2/h4-5H,3H2,1-2H3,(H,14,15)(H2,9,12,16). The second kappa shape index (κ2) is 5.10. The van der Waals surface area contributed by atoms with Crippen LogP contribution in [0.15, 0.2) is 6.33 Å². The fourth-order valence-electron chi connectivity index (χ4n) is 0.949. The number of aromatic nitrogens is 3. The molecule has 0 aliphatic carbocycles. The molecule has 1 unspecified atom stereocenters. The van der Waals surface area contributed by atoms with Crippen LogP contribution in [-0.2, 0) is 18.4 Å². The number of carbonyl (C=O) groups excluding carboxylic acids is 1. The van der Waals surface area contributed by atoms with Gasteiger partial charge in [-0.25, -0.2) is 9.78 Å². The van der Waals surface area contributed by atoms with Gasteiger partial charge in [0.05, 0.1) is 6.54 Å². The van der Waals surface area contributed by atoms with E-state index in [1.807, 2.05) is 0 Å². The van der Waals surface area contributed by atoms with Crippen molar-refractivity contribution in [3.05, 3.63) is 12.2 Å². The largest absolute Gasteiger partial charge is 0.480 e. The summed E-state index contributed by atoms with van der Waals surface area (Å²) >= 11 is 0. The molecule has 0 bridgehead atoms. The second-order valence-corrected chi connectivity index (χ2v) is 3.19. The molecule has 0 aliphatic rings. The molecule has 1 aromatic heterocycles. The molecule has 0 fully saturated rings. The molecule has 3 N–H and O–H groups in total. The van der Waals surface area contributed by atoms with E-state index in [1.54, 1.807) is 7.05 Å². The molecule has 2 amide bonds. The maximum absolute atomic E-state index is 11.2. The minimum absolute atomic E-state index is 0.189. The summed E-state index contributed by atoms with van der Waals surface area (Å²) in [6.45, 7) is 1.57. The van der Waals surface area contributed by atoms with Gasteiger partial charge < -0.3 is 15.7 Å². The van der Waals surface area contributed by atoms with Gasteiger partial charge >= 0.3 is 12.0 Å². The van der Waals surface area contributed by atoms with Crippen LogP contribution < -0.4 is 10.6 Å². The Hall–Kier alpha value is -2.12. The molecule has 1 rings (SSSR count). The zero-order valence-corrected chi connectivity index (χ0v) is 8.97. The van der Waals surface area contributed by atoms with Crippen molar-refractivity contribution in [2.45, 2.75) is 19.5 Å². The Kier molecular flexibility index (Phi) is 3.81. The van der Waals surface area contributed by atoms with Crippen molar-refractivity contribution >= 4 is 12.0 Å². The Balaban J connectivity index is 2.36. The van der Waals surface area contributed by atoms with E-state index >= 15 is 0 Å². The lowest BCUT2D eigenvalue weighted by atomic mass is 10.3. The quantitative estimate of drug-likeness (QED) is 0.616. The summed E-state index contributed by atoms with van der Waals surface area (Å²) < 4.78 is 1.51. The van der Waals surface area contributed by atoms with E-state index < -0.39 is 18.0 Å². The first-order valence-electron chi connectivity index (χ1n) is 4.60. The topological polar surface area (TPSA) is 109 Å². The van der Waals surface area contributed by atoms with E-state index in [0.717, 1.165) is 0 Å². The van der Waals surface area contributed by atoms with Crippen molar-refractivity contribution in [2.75, 3.05) is 0 Å². The van der Waals surface area contributed by atoms with E-state index in [9.17, 15) is 9.59 Å². The maximum Gasteiger partial charge on any atom is 0.325 e. The number of hydrogen-bond acceptors (Lipinski definition) is 4. The third kappa shape index (κ3) is 3.23. The van der Waals surface area contributed by atoms with Crippen molar-refractivity contribution in [2.24, 2.45) is 7.05 Å². The lowest BCUT2D eigenvalue weighted by Gasteiger charge is -2.10. The maximum atomic E-state index is 11.2. The van der Waals surface area contributed by atoms with Gasteiger partial charge in [0.15, 0.2) is 0 Å². The molecule has 1 atom stereocenters. The first-order chi connectivity index (χ1) is 7.50. The first kappa shape index (κ1) is 12.0. The van der Waals surface area contributed by atoms with Crippen molar-refractivity contribution < 1.29 is 14.7 Å². The van der Waals surface area contributed by atoms with Crippen molar-refractivity contribution in [3.8, 4) is 0 Å². The van der Waals surface area contributed by atoms with Crippen LogP contribution in [0.2, 0.25) is 0 Å². The van der Waals surface area contributed by atoms with Crippen LogP contribution >= 0.6 is 0 Å². The number of hydrogen-bond donors (Lipinski definition) is 3. The molecule has 16 heavy (non-hydrogen) atoms. The lowest BCUT2D eigenvalue weighted by Crippen LogP contribution is -2.44. The first-order valence-corrected chi connectivity index (χ1v) is 4.60. The number of nitrogens with zero attached hydrogens (tertiary/aromatic N) is 3. The Bertz CT molecular complexity index is 389. The molecule has 88 valence electrons. The third-order valence-corrected chi connectivity index (χ3v) is 1.93. The normalized spacial score (nSPS) is 11.9. The summed E-state index contributed by atoms with van der Waals surface area (Å²) in [4.78, 5) is 25.6. The zero-order chi connectivity index (χ0) is 12.1. The molecule has 8 heteroatoms. The van der Waals surface area contributed by atoms with Crippen LogP contribution in [0.5, 0.6) is 0 Å². The number of aliphatic carboxylic acids is 1. The molecular formula is C8H13N5O3. The number of carboxylic acid groups (broad SMARTS) is 1. The van der Waals surface area contributed by atoms with Gasteiger partial charge in [-0.05, 0) is 6.92 Å². The number of amides is 2. The van der Waals surface area contributed by atoms with Gasteiger partial charge in [0.2, 0.25) is 0 Å². The molecule has 8 nitrogen and oxygen atoms in total. The lowest BCUT2D eigenvalue weighted by molar-refractivity contribution is -0.138. The molecule has 0 saturated heterocycles. The Morgan fingerprint density at radius 3 is 2.81 bits per heavy atom. The van der Waals surface area contributed by atoms with Gasteiger partial charge in [0.25, 0.3) is 0 Å². The predicted molar refractivity (Wildman–Crippen MR) is 53.5 cm³/mol. The van der Waals surface area contributed by atoms with Crippen LogP contribution in [0.4, 0.5) is 4.79 Å². The predicted octanol–water partition coefficient (Wildman–Crippen LogP) is -0.913. The number of aryl methyl sites for hydroxylation is 1. The fraction of sp³-hybridized carbons (Fsp3) is 0.500. The Morgan fingerprint density at radius 2 is 2.31 bits per heavy atom. The van der Waals surface area contributed by atoms with E-state index in [-0.39, 0.29) is 6.54 Å². The van der Waals surface area contributed by atoms with Crippen molar-refractivity contribution in [3.63, 3.8) is 0 Å². The Labute approximate surface area is 91.7 Å². The summed E-state index contributed by atoms with van der Waals surface area (Å²) in [5.41, 5.74) is 0. The number of carboxylic acids is 1. The van der Waals surface area contributed by atoms with Gasteiger partial charge in [-0.3, -0.25) is 9.48 Å². The minimum atomic E-state index is -1.09. The summed E-state index contributed by atoms with van der Waals surface area (Å²) in [7, 11) is 1.70. The van der Waals surface area contributed by atoms with Gasteiger partial charge in [0.1, 0.15) is 18.2 Å². The van der Waals surface area contributed by atoms with E-state index in [0.29, 0.717) is 5.82 Å². The molecule has 1 aromatic rings. The van der Waals surface area contributed by atoms with Crippen LogP contribution in [-0.4, -0.2) is 37.9 Å². The van der Waals surface area contributed by atoms with E-state index in [4.69, 9.17) is 5.11 Å². The SMILES string of the molecule is CC(NC(=O)NCc1ncnn1C)C(=O)O. The molecule has 0 aromatic carbocycles. The second-order valence-electron chi connectivity index (χ2n) is 3.19. The number of urea groups is 1. The summed E-state index contributed by atoms with van der Waals surface area (Å²) in [5.74, 6) is -0.507. The number of carbonyl (C=O) groups is 2. The smallest absolute Gasteiger partial charge is 0.325 e. The van der Waals surface area contributed by atoms with Crippen molar-refractivity contribution in [1.29, 1.82) is 0 Å². The van der Waals surface area contributed by atoms with E-state index in [1.165, 1.54) is 17.9 Å². The van der Waals surface area contributed by atoms with Gasteiger partial charge in [-0.1, -0.05) is 0 Å².